The van der Waals surface area contributed by atoms with Crippen LogP contribution in [0.2, 0.25) is 0 Å². The van der Waals surface area contributed by atoms with Gasteiger partial charge in [0, 0.05) is 19.8 Å². The van der Waals surface area contributed by atoms with Crippen molar-refractivity contribution in [3.8, 4) is 0 Å². The van der Waals surface area contributed by atoms with Crippen molar-refractivity contribution >= 4 is 8.80 Å². The molecular formula is C11H21NO4Si. The topological polar surface area (TPSA) is 62.9 Å². The Morgan fingerprint density at radius 1 is 1.18 bits per heavy atom. The minimum absolute atomic E-state index is 0.452. The Labute approximate surface area is 104 Å². The van der Waals surface area contributed by atoms with Crippen LogP contribution in [0.3, 0.4) is 0 Å². The van der Waals surface area contributed by atoms with E-state index in [0.717, 1.165) is 0 Å². The molecule has 0 amide bonds. The van der Waals surface area contributed by atoms with Gasteiger partial charge >= 0.3 is 8.80 Å². The van der Waals surface area contributed by atoms with Crippen molar-refractivity contribution in [2.45, 2.75) is 26.5 Å². The van der Waals surface area contributed by atoms with Gasteiger partial charge in [-0.05, 0) is 32.9 Å². The van der Waals surface area contributed by atoms with Gasteiger partial charge in [-0.15, -0.1) is 0 Å². The summed E-state index contributed by atoms with van der Waals surface area (Å²) >= 11 is 0. The maximum Gasteiger partial charge on any atom is 0.550 e. The van der Waals surface area contributed by atoms with Crippen LogP contribution in [0.5, 0.6) is 0 Å². The largest absolute Gasteiger partial charge is 0.550 e. The van der Waals surface area contributed by atoms with E-state index in [4.69, 9.17) is 23.7 Å². The fourth-order valence-corrected chi connectivity index (χ4v) is 4.34. The van der Waals surface area contributed by atoms with Crippen LogP contribution in [0.15, 0.2) is 24.1 Å². The lowest BCUT2D eigenvalue weighted by Gasteiger charge is -2.35. The maximum absolute atomic E-state index is 5.94. The molecule has 1 aliphatic heterocycles. The highest BCUT2D eigenvalue weighted by atomic mass is 28.4. The third-order valence-corrected chi connectivity index (χ3v) is 5.43. The minimum Gasteiger partial charge on any atom is -0.487 e. The summed E-state index contributed by atoms with van der Waals surface area (Å²) < 4.78 is 22.7. The van der Waals surface area contributed by atoms with Crippen LogP contribution in [0, 0.1) is 0 Å². The van der Waals surface area contributed by atoms with Gasteiger partial charge in [0.15, 0.2) is 0 Å². The summed E-state index contributed by atoms with van der Waals surface area (Å²) in [5, 5.41) is 0. The van der Waals surface area contributed by atoms with Crippen molar-refractivity contribution in [3.05, 3.63) is 24.1 Å². The second-order valence-electron chi connectivity index (χ2n) is 3.41. The van der Waals surface area contributed by atoms with E-state index in [9.17, 15) is 0 Å². The van der Waals surface area contributed by atoms with E-state index >= 15 is 0 Å². The van der Waals surface area contributed by atoms with E-state index in [0.29, 0.717) is 25.5 Å². The summed E-state index contributed by atoms with van der Waals surface area (Å²) in [6.45, 7) is 7.21. The average molecular weight is 259 g/mol. The molecule has 0 spiro atoms. The van der Waals surface area contributed by atoms with Gasteiger partial charge in [-0.1, -0.05) is 0 Å². The smallest absolute Gasteiger partial charge is 0.487 e. The van der Waals surface area contributed by atoms with Crippen molar-refractivity contribution < 1.29 is 18.0 Å². The molecule has 0 saturated heterocycles. The van der Waals surface area contributed by atoms with Crippen molar-refractivity contribution in [1.29, 1.82) is 0 Å². The van der Waals surface area contributed by atoms with E-state index in [1.807, 2.05) is 20.8 Å². The first kappa shape index (κ1) is 14.2. The van der Waals surface area contributed by atoms with Crippen molar-refractivity contribution in [3.63, 3.8) is 0 Å². The fraction of sp³-hybridized carbons (Fsp3) is 0.636. The highest BCUT2D eigenvalue weighted by Gasteiger charge is 2.53. The molecule has 0 radical (unpaired) electrons. The average Bonchev–Trinajstić information content (AvgIpc) is 2.30. The van der Waals surface area contributed by atoms with Gasteiger partial charge in [0.05, 0.1) is 12.0 Å². The van der Waals surface area contributed by atoms with Gasteiger partial charge in [-0.25, -0.2) is 0 Å². The number of allylic oxidation sites excluding steroid dienone is 2. The van der Waals surface area contributed by atoms with Gasteiger partial charge < -0.3 is 23.7 Å². The molecule has 1 unspecified atom stereocenters. The molecule has 17 heavy (non-hydrogen) atoms. The molecule has 1 rings (SSSR count). The van der Waals surface area contributed by atoms with E-state index in [-0.39, 0.29) is 0 Å². The third-order valence-electron chi connectivity index (χ3n) is 2.24. The second kappa shape index (κ2) is 6.80. The van der Waals surface area contributed by atoms with Crippen LogP contribution < -0.4 is 5.73 Å². The fourth-order valence-electron chi connectivity index (χ4n) is 1.68. The molecule has 0 aliphatic carbocycles. The van der Waals surface area contributed by atoms with Crippen LogP contribution in [0.1, 0.15) is 20.8 Å². The molecule has 1 heterocycles. The zero-order valence-corrected chi connectivity index (χ0v) is 11.6. The quantitative estimate of drug-likeness (QED) is 0.699. The first-order valence-electron chi connectivity index (χ1n) is 5.89. The lowest BCUT2D eigenvalue weighted by atomic mass is 10.4. The molecule has 0 aromatic carbocycles. The molecule has 0 bridgehead atoms. The van der Waals surface area contributed by atoms with E-state index in [1.54, 1.807) is 18.4 Å². The summed E-state index contributed by atoms with van der Waals surface area (Å²) in [7, 11) is -2.92. The molecule has 98 valence electrons. The summed E-state index contributed by atoms with van der Waals surface area (Å²) in [4.78, 5) is 0. The lowest BCUT2D eigenvalue weighted by molar-refractivity contribution is 0.0259. The predicted molar refractivity (Wildman–Crippen MR) is 66.9 cm³/mol. The molecule has 0 saturated carbocycles. The van der Waals surface area contributed by atoms with Crippen molar-refractivity contribution in [2.24, 2.45) is 5.73 Å². The molecule has 0 aromatic rings. The zero-order chi connectivity index (χ0) is 12.7. The molecule has 6 heteroatoms. The first-order valence-corrected chi connectivity index (χ1v) is 7.69. The SMILES string of the molecule is CCO[Si](OCC)(OCC)C1OC=CC=C1N. The number of hydrogen-bond donors (Lipinski definition) is 1. The highest BCUT2D eigenvalue weighted by Crippen LogP contribution is 2.24. The van der Waals surface area contributed by atoms with E-state index in [1.165, 1.54) is 0 Å². The number of hydrogen-bond acceptors (Lipinski definition) is 5. The molecule has 2 N–H and O–H groups in total. The molecule has 1 atom stereocenters. The molecule has 1 aliphatic rings. The summed E-state index contributed by atoms with van der Waals surface area (Å²) in [5.41, 5.74) is 6.06. The number of rotatable bonds is 7. The van der Waals surface area contributed by atoms with Crippen LogP contribution in [0.25, 0.3) is 0 Å². The summed E-state index contributed by atoms with van der Waals surface area (Å²) in [6, 6.07) is 0. The van der Waals surface area contributed by atoms with Gasteiger partial charge in [-0.3, -0.25) is 0 Å². The van der Waals surface area contributed by atoms with Gasteiger partial charge in [-0.2, -0.15) is 0 Å². The van der Waals surface area contributed by atoms with Gasteiger partial charge in [0.1, 0.15) is 0 Å². The molecule has 0 aromatic heterocycles. The Bertz CT molecular complexity index is 276. The van der Waals surface area contributed by atoms with Gasteiger partial charge in [0.25, 0.3) is 0 Å². The maximum atomic E-state index is 5.94. The number of ether oxygens (including phenoxy) is 1. The number of nitrogens with two attached hydrogens (primary N) is 1. The third kappa shape index (κ3) is 3.32. The second-order valence-corrected chi connectivity index (χ2v) is 6.01. The standard InChI is InChI=1S/C11H21NO4Si/c1-4-14-17(15-5-2,16-6-3)11-10(12)8-7-9-13-11/h7-9,11H,4-6,12H2,1-3H3. The van der Waals surface area contributed by atoms with Gasteiger partial charge in [0.2, 0.25) is 5.73 Å². The monoisotopic (exact) mass is 259 g/mol. The van der Waals surface area contributed by atoms with Crippen LogP contribution in [-0.4, -0.2) is 34.4 Å². The zero-order valence-electron chi connectivity index (χ0n) is 10.6. The van der Waals surface area contributed by atoms with Crippen LogP contribution in [-0.2, 0) is 18.0 Å². The Balaban J connectivity index is 2.93. The molecule has 0 fully saturated rings. The van der Waals surface area contributed by atoms with Crippen LogP contribution in [0.4, 0.5) is 0 Å². The summed E-state index contributed by atoms with van der Waals surface area (Å²) in [5.74, 6) is 0. The Kier molecular flexibility index (Phi) is 5.70. The Morgan fingerprint density at radius 3 is 2.12 bits per heavy atom. The predicted octanol–water partition coefficient (Wildman–Crippen LogP) is 1.33. The van der Waals surface area contributed by atoms with Crippen molar-refractivity contribution in [2.75, 3.05) is 19.8 Å². The summed E-state index contributed by atoms with van der Waals surface area (Å²) in [6.07, 6.45) is 5.11. The first-order chi connectivity index (χ1) is 8.20. The van der Waals surface area contributed by atoms with E-state index in [2.05, 4.69) is 0 Å². The van der Waals surface area contributed by atoms with E-state index < -0.39 is 14.5 Å². The Hall–Kier alpha value is -0.823. The van der Waals surface area contributed by atoms with Crippen LogP contribution >= 0.6 is 0 Å². The minimum atomic E-state index is -2.92. The normalized spacial score (nSPS) is 19.9. The molecule has 5 nitrogen and oxygen atoms in total. The Morgan fingerprint density at radius 2 is 1.71 bits per heavy atom. The van der Waals surface area contributed by atoms with Crippen molar-refractivity contribution in [1.82, 2.24) is 0 Å². The lowest BCUT2D eigenvalue weighted by Crippen LogP contribution is -2.59. The molecular weight excluding hydrogens is 238 g/mol. The highest BCUT2D eigenvalue weighted by molar-refractivity contribution is 6.63.